The van der Waals surface area contributed by atoms with Crippen molar-refractivity contribution in [1.82, 2.24) is 19.9 Å². The van der Waals surface area contributed by atoms with E-state index < -0.39 is 0 Å². The third-order valence-electron chi connectivity index (χ3n) is 5.84. The first-order chi connectivity index (χ1) is 13.2. The summed E-state index contributed by atoms with van der Waals surface area (Å²) in [5, 5.41) is 0. The van der Waals surface area contributed by atoms with Gasteiger partial charge in [0.1, 0.15) is 5.75 Å². The minimum atomic E-state index is 0.0307. The van der Waals surface area contributed by atoms with Crippen LogP contribution < -0.4 is 9.64 Å². The monoisotopic (exact) mass is 367 g/mol. The van der Waals surface area contributed by atoms with Crippen molar-refractivity contribution in [2.45, 2.75) is 25.7 Å². The first-order valence-electron chi connectivity index (χ1n) is 9.50. The van der Waals surface area contributed by atoms with Crippen molar-refractivity contribution in [3.63, 3.8) is 0 Å². The lowest BCUT2D eigenvalue weighted by Gasteiger charge is -2.47. The fourth-order valence-electron chi connectivity index (χ4n) is 4.32. The molecule has 2 saturated heterocycles. The number of anilines is 1. The molecule has 1 amide bonds. The number of rotatable bonds is 3. The summed E-state index contributed by atoms with van der Waals surface area (Å²) in [6.07, 6.45) is 11.2. The molecule has 2 aliphatic heterocycles. The number of nitrogens with zero attached hydrogens (tertiary/aromatic N) is 5. The summed E-state index contributed by atoms with van der Waals surface area (Å²) in [6.45, 7) is 3.52. The van der Waals surface area contributed by atoms with Crippen molar-refractivity contribution in [2.75, 3.05) is 38.2 Å². The second-order valence-electron chi connectivity index (χ2n) is 7.44. The number of hydrogen-bond donors (Lipinski definition) is 0. The summed E-state index contributed by atoms with van der Waals surface area (Å²) >= 11 is 0. The Labute approximate surface area is 159 Å². The summed E-state index contributed by atoms with van der Waals surface area (Å²) in [5.41, 5.74) is 0.836. The molecule has 7 heteroatoms. The molecule has 2 aliphatic rings. The van der Waals surface area contributed by atoms with Crippen LogP contribution in [0.1, 0.15) is 36.0 Å². The molecule has 2 aromatic heterocycles. The Bertz CT molecular complexity index is 790. The molecule has 0 atom stereocenters. The highest BCUT2D eigenvalue weighted by Crippen LogP contribution is 2.41. The largest absolute Gasteiger partial charge is 0.494 e. The van der Waals surface area contributed by atoms with Crippen LogP contribution in [0, 0.1) is 5.41 Å². The summed E-state index contributed by atoms with van der Waals surface area (Å²) in [4.78, 5) is 30.0. The van der Waals surface area contributed by atoms with Gasteiger partial charge in [-0.3, -0.25) is 9.78 Å². The van der Waals surface area contributed by atoms with Gasteiger partial charge in [0.15, 0.2) is 0 Å². The van der Waals surface area contributed by atoms with Gasteiger partial charge in [0.05, 0.1) is 18.9 Å². The van der Waals surface area contributed by atoms with Crippen molar-refractivity contribution < 1.29 is 9.53 Å². The van der Waals surface area contributed by atoms with E-state index in [1.807, 2.05) is 11.0 Å². The Kier molecular flexibility index (Phi) is 4.92. The SMILES string of the molecule is COc1cnccc1C(=O)N1CCC2(CCCN(c3ncccn3)C2)CC1. The summed E-state index contributed by atoms with van der Waals surface area (Å²) < 4.78 is 5.30. The highest BCUT2D eigenvalue weighted by molar-refractivity contribution is 5.96. The molecule has 27 heavy (non-hydrogen) atoms. The minimum Gasteiger partial charge on any atom is -0.494 e. The molecule has 4 heterocycles. The van der Waals surface area contributed by atoms with E-state index in [2.05, 4.69) is 19.9 Å². The van der Waals surface area contributed by atoms with Crippen LogP contribution in [-0.4, -0.2) is 59.0 Å². The highest BCUT2D eigenvalue weighted by Gasteiger charge is 2.40. The molecule has 0 unspecified atom stereocenters. The summed E-state index contributed by atoms with van der Waals surface area (Å²) in [5.74, 6) is 1.38. The molecule has 1 spiro atoms. The van der Waals surface area contributed by atoms with E-state index in [0.717, 1.165) is 51.4 Å². The van der Waals surface area contributed by atoms with Gasteiger partial charge in [-0.25, -0.2) is 9.97 Å². The lowest BCUT2D eigenvalue weighted by atomic mass is 9.72. The van der Waals surface area contributed by atoms with Crippen molar-refractivity contribution >= 4 is 11.9 Å². The quantitative estimate of drug-likeness (QED) is 0.830. The Balaban J connectivity index is 1.43. The van der Waals surface area contributed by atoms with Crippen molar-refractivity contribution in [3.8, 4) is 5.75 Å². The zero-order valence-electron chi connectivity index (χ0n) is 15.7. The number of likely N-dealkylation sites (tertiary alicyclic amines) is 1. The van der Waals surface area contributed by atoms with Crippen LogP contribution >= 0.6 is 0 Å². The smallest absolute Gasteiger partial charge is 0.257 e. The van der Waals surface area contributed by atoms with Crippen LogP contribution in [0.5, 0.6) is 5.75 Å². The van der Waals surface area contributed by atoms with Gasteiger partial charge in [-0.1, -0.05) is 0 Å². The average molecular weight is 367 g/mol. The van der Waals surface area contributed by atoms with Gasteiger partial charge >= 0.3 is 0 Å². The Morgan fingerprint density at radius 3 is 2.63 bits per heavy atom. The zero-order valence-corrected chi connectivity index (χ0v) is 15.7. The molecule has 2 fully saturated rings. The van der Waals surface area contributed by atoms with Gasteiger partial charge in [0, 0.05) is 44.8 Å². The molecule has 142 valence electrons. The molecule has 0 aliphatic carbocycles. The molecule has 0 bridgehead atoms. The van der Waals surface area contributed by atoms with Crippen molar-refractivity contribution in [3.05, 3.63) is 42.5 Å². The number of carbonyl (C=O) groups is 1. The van der Waals surface area contributed by atoms with E-state index in [-0.39, 0.29) is 11.3 Å². The number of hydrogen-bond acceptors (Lipinski definition) is 6. The third kappa shape index (κ3) is 3.59. The molecular formula is C20H25N5O2. The first-order valence-corrected chi connectivity index (χ1v) is 9.50. The number of piperidine rings is 2. The Morgan fingerprint density at radius 1 is 1.11 bits per heavy atom. The Hall–Kier alpha value is -2.70. The van der Waals surface area contributed by atoms with Crippen LogP contribution in [0.2, 0.25) is 0 Å². The summed E-state index contributed by atoms with van der Waals surface area (Å²) in [6, 6.07) is 3.58. The van der Waals surface area contributed by atoms with Crippen LogP contribution in [0.25, 0.3) is 0 Å². The van der Waals surface area contributed by atoms with Gasteiger partial charge in [-0.2, -0.15) is 0 Å². The molecule has 0 saturated carbocycles. The molecule has 2 aromatic rings. The maximum absolute atomic E-state index is 12.9. The van der Waals surface area contributed by atoms with Crippen LogP contribution in [0.15, 0.2) is 36.9 Å². The fraction of sp³-hybridized carbons (Fsp3) is 0.500. The Morgan fingerprint density at radius 2 is 1.89 bits per heavy atom. The van der Waals surface area contributed by atoms with Gasteiger partial charge in [-0.15, -0.1) is 0 Å². The fourth-order valence-corrected chi connectivity index (χ4v) is 4.32. The predicted octanol–water partition coefficient (Wildman–Crippen LogP) is 2.40. The topological polar surface area (TPSA) is 71.5 Å². The number of pyridine rings is 1. The third-order valence-corrected chi connectivity index (χ3v) is 5.84. The van der Waals surface area contributed by atoms with E-state index in [9.17, 15) is 4.79 Å². The van der Waals surface area contributed by atoms with E-state index in [4.69, 9.17) is 4.74 Å². The van der Waals surface area contributed by atoms with Crippen LogP contribution in [0.3, 0.4) is 0 Å². The van der Waals surface area contributed by atoms with E-state index in [1.165, 1.54) is 6.42 Å². The number of ether oxygens (including phenoxy) is 1. The standard InChI is InChI=1S/C20H25N5O2/c1-27-17-14-21-10-4-16(17)18(26)24-12-6-20(7-13-24)5-2-11-25(15-20)19-22-8-3-9-23-19/h3-4,8-10,14H,2,5-7,11-13,15H2,1H3. The number of aromatic nitrogens is 3. The molecule has 7 nitrogen and oxygen atoms in total. The van der Waals surface area contributed by atoms with Crippen LogP contribution in [-0.2, 0) is 0 Å². The average Bonchev–Trinajstić information content (AvgIpc) is 2.74. The predicted molar refractivity (Wildman–Crippen MR) is 102 cm³/mol. The maximum atomic E-state index is 12.9. The normalized spacial score (nSPS) is 19.1. The maximum Gasteiger partial charge on any atom is 0.257 e. The van der Waals surface area contributed by atoms with Gasteiger partial charge in [-0.05, 0) is 43.2 Å². The lowest BCUT2D eigenvalue weighted by Crippen LogP contribution is -2.51. The first kappa shape index (κ1) is 17.7. The number of carbonyl (C=O) groups excluding carboxylic acids is 1. The molecule has 0 aromatic carbocycles. The van der Waals surface area contributed by atoms with Crippen molar-refractivity contribution in [1.29, 1.82) is 0 Å². The van der Waals surface area contributed by atoms with E-state index >= 15 is 0 Å². The minimum absolute atomic E-state index is 0.0307. The van der Waals surface area contributed by atoms with Gasteiger partial charge in [0.2, 0.25) is 5.95 Å². The van der Waals surface area contributed by atoms with Gasteiger partial charge < -0.3 is 14.5 Å². The van der Waals surface area contributed by atoms with E-state index in [0.29, 0.717) is 11.3 Å². The molecule has 4 rings (SSSR count). The van der Waals surface area contributed by atoms with Crippen molar-refractivity contribution in [2.24, 2.45) is 5.41 Å². The number of methoxy groups -OCH3 is 1. The molecular weight excluding hydrogens is 342 g/mol. The lowest BCUT2D eigenvalue weighted by molar-refractivity contribution is 0.0537. The second-order valence-corrected chi connectivity index (χ2v) is 7.44. The summed E-state index contributed by atoms with van der Waals surface area (Å²) in [7, 11) is 1.57. The second kappa shape index (κ2) is 7.50. The zero-order chi connectivity index (χ0) is 18.7. The number of amides is 1. The van der Waals surface area contributed by atoms with Gasteiger partial charge in [0.25, 0.3) is 5.91 Å². The highest BCUT2D eigenvalue weighted by atomic mass is 16.5. The van der Waals surface area contributed by atoms with Crippen LogP contribution in [0.4, 0.5) is 5.95 Å². The molecule has 0 radical (unpaired) electrons. The molecule has 0 N–H and O–H groups in total. The van der Waals surface area contributed by atoms with E-state index in [1.54, 1.807) is 38.0 Å².